The van der Waals surface area contributed by atoms with Crippen LogP contribution in [0.15, 0.2) is 29.4 Å². The van der Waals surface area contributed by atoms with Crippen LogP contribution in [0.3, 0.4) is 0 Å². The predicted octanol–water partition coefficient (Wildman–Crippen LogP) is 4.25. The minimum absolute atomic E-state index is 0.254. The average molecular weight is 359 g/mol. The third-order valence-electron chi connectivity index (χ3n) is 3.19. The molecule has 1 rings (SSSR count). The second kappa shape index (κ2) is 7.27. The number of hydrogen-bond acceptors (Lipinski definition) is 3. The Labute approximate surface area is 134 Å². The first kappa shape index (κ1) is 20.0. The van der Waals surface area contributed by atoms with E-state index in [1.54, 1.807) is 12.1 Å². The van der Waals surface area contributed by atoms with E-state index < -0.39 is 18.1 Å². The van der Waals surface area contributed by atoms with Crippen LogP contribution in [0.5, 0.6) is 0 Å². The van der Waals surface area contributed by atoms with Gasteiger partial charge in [-0.15, -0.1) is 0 Å². The van der Waals surface area contributed by atoms with E-state index in [0.717, 1.165) is 25.0 Å². The Morgan fingerprint density at radius 2 is 1.46 bits per heavy atom. The lowest BCUT2D eigenvalue weighted by atomic mass is 10.2. The van der Waals surface area contributed by atoms with Gasteiger partial charge in [0.15, 0.2) is 0 Å². The number of halogens is 7. The molecule has 24 heavy (non-hydrogen) atoms. The first-order valence-corrected chi connectivity index (χ1v) is 6.93. The Morgan fingerprint density at radius 1 is 0.958 bits per heavy atom. The van der Waals surface area contributed by atoms with Crippen molar-refractivity contribution in [1.82, 2.24) is 5.43 Å². The summed E-state index contributed by atoms with van der Waals surface area (Å²) >= 11 is 0. The number of rotatable bonds is 7. The normalized spacial score (nSPS) is 13.4. The quantitative estimate of drug-likeness (QED) is 0.341. The summed E-state index contributed by atoms with van der Waals surface area (Å²) in [6, 6.07) is 0.675. The number of hydrazone groups is 1. The third-order valence-corrected chi connectivity index (χ3v) is 3.19. The molecular weight excluding hydrogens is 343 g/mol. The minimum atomic E-state index is -6.40. The third kappa shape index (κ3) is 4.30. The summed E-state index contributed by atoms with van der Waals surface area (Å²) in [5, 5.41) is 2.79. The molecule has 1 aromatic carbocycles. The molecule has 0 radical (unpaired) electrons. The van der Waals surface area contributed by atoms with Gasteiger partial charge in [0.05, 0.1) is 6.21 Å². The number of hydrogen-bond donors (Lipinski definition) is 1. The van der Waals surface area contributed by atoms with Gasteiger partial charge in [-0.05, 0) is 31.5 Å². The summed E-state index contributed by atoms with van der Waals surface area (Å²) in [7, 11) is 0. The molecule has 0 atom stereocenters. The van der Waals surface area contributed by atoms with E-state index >= 15 is 0 Å². The Morgan fingerprint density at radius 3 is 1.88 bits per heavy atom. The zero-order valence-corrected chi connectivity index (χ0v) is 12.8. The molecule has 0 saturated carbocycles. The molecular formula is C14H16F7N3. The predicted molar refractivity (Wildman–Crippen MR) is 76.7 cm³/mol. The highest BCUT2D eigenvalue weighted by Gasteiger charge is 2.73. The summed E-state index contributed by atoms with van der Waals surface area (Å²) in [5.74, 6) is -6.25. The van der Waals surface area contributed by atoms with Crippen molar-refractivity contribution >= 4 is 11.9 Å². The SMILES string of the molecule is CCN(CC)c1ccc(/C=N/NC(F)(F)C(F)(F)C(F)(F)F)cc1. The fraction of sp³-hybridized carbons (Fsp3) is 0.500. The Bertz CT molecular complexity index is 548. The zero-order valence-electron chi connectivity index (χ0n) is 12.8. The van der Waals surface area contributed by atoms with Gasteiger partial charge in [-0.25, -0.2) is 5.43 Å². The molecule has 0 unspecified atom stereocenters. The summed E-state index contributed by atoms with van der Waals surface area (Å²) in [4.78, 5) is 2.00. The number of anilines is 1. The lowest BCUT2D eigenvalue weighted by Crippen LogP contribution is -2.58. The lowest BCUT2D eigenvalue weighted by Gasteiger charge is -2.27. The van der Waals surface area contributed by atoms with Crippen LogP contribution < -0.4 is 10.3 Å². The number of alkyl halides is 7. The van der Waals surface area contributed by atoms with Crippen molar-refractivity contribution < 1.29 is 30.7 Å². The summed E-state index contributed by atoms with van der Waals surface area (Å²) in [5.41, 5.74) is 1.67. The van der Waals surface area contributed by atoms with Crippen molar-refractivity contribution in [2.75, 3.05) is 18.0 Å². The van der Waals surface area contributed by atoms with Gasteiger partial charge < -0.3 is 4.90 Å². The smallest absolute Gasteiger partial charge is 0.372 e. The number of benzene rings is 1. The Hall–Kier alpha value is -2.00. The molecule has 3 nitrogen and oxygen atoms in total. The highest BCUT2D eigenvalue weighted by molar-refractivity contribution is 5.80. The maximum absolute atomic E-state index is 13.0. The zero-order chi connectivity index (χ0) is 18.6. The molecule has 0 amide bonds. The van der Waals surface area contributed by atoms with Gasteiger partial charge in [-0.1, -0.05) is 12.1 Å². The summed E-state index contributed by atoms with van der Waals surface area (Å²) < 4.78 is 87.0. The van der Waals surface area contributed by atoms with Crippen molar-refractivity contribution in [2.24, 2.45) is 5.10 Å². The molecule has 0 aliphatic rings. The van der Waals surface area contributed by atoms with Gasteiger partial charge >= 0.3 is 18.1 Å². The topological polar surface area (TPSA) is 27.6 Å². The van der Waals surface area contributed by atoms with E-state index in [1.165, 1.54) is 12.1 Å². The molecule has 0 fully saturated rings. The van der Waals surface area contributed by atoms with Crippen molar-refractivity contribution in [3.63, 3.8) is 0 Å². The fourth-order valence-corrected chi connectivity index (χ4v) is 1.80. The van der Waals surface area contributed by atoms with Crippen LogP contribution >= 0.6 is 0 Å². The minimum Gasteiger partial charge on any atom is -0.372 e. The molecule has 0 aromatic heterocycles. The number of nitrogens with zero attached hydrogens (tertiary/aromatic N) is 2. The van der Waals surface area contributed by atoms with E-state index in [-0.39, 0.29) is 5.56 Å². The highest BCUT2D eigenvalue weighted by atomic mass is 19.4. The molecule has 0 aliphatic carbocycles. The van der Waals surface area contributed by atoms with Gasteiger partial charge in [0.25, 0.3) is 0 Å². The van der Waals surface area contributed by atoms with E-state index in [9.17, 15) is 30.7 Å². The van der Waals surface area contributed by atoms with Crippen LogP contribution in [0.2, 0.25) is 0 Å². The highest BCUT2D eigenvalue weighted by Crippen LogP contribution is 2.44. The molecule has 0 aliphatic heterocycles. The second-order valence-corrected chi connectivity index (χ2v) is 4.78. The molecule has 0 saturated heterocycles. The van der Waals surface area contributed by atoms with Crippen molar-refractivity contribution in [2.45, 2.75) is 32.0 Å². The van der Waals surface area contributed by atoms with E-state index in [2.05, 4.69) is 5.10 Å². The molecule has 0 spiro atoms. The Kier molecular flexibility index (Phi) is 6.07. The van der Waals surface area contributed by atoms with Crippen LogP contribution in [0.4, 0.5) is 36.4 Å². The average Bonchev–Trinajstić information content (AvgIpc) is 2.48. The lowest BCUT2D eigenvalue weighted by molar-refractivity contribution is -0.361. The first-order chi connectivity index (χ1) is 11.0. The van der Waals surface area contributed by atoms with Gasteiger partial charge in [0.2, 0.25) is 0 Å². The maximum atomic E-state index is 13.0. The number of nitrogens with one attached hydrogen (secondary N) is 1. The first-order valence-electron chi connectivity index (χ1n) is 6.93. The van der Waals surface area contributed by atoms with Crippen LogP contribution in [0.25, 0.3) is 0 Å². The fourth-order valence-electron chi connectivity index (χ4n) is 1.80. The van der Waals surface area contributed by atoms with Gasteiger partial charge in [0.1, 0.15) is 0 Å². The van der Waals surface area contributed by atoms with E-state index in [1.807, 2.05) is 18.7 Å². The van der Waals surface area contributed by atoms with Gasteiger partial charge in [-0.3, -0.25) is 0 Å². The molecule has 1 aromatic rings. The van der Waals surface area contributed by atoms with Crippen LogP contribution in [0, 0.1) is 0 Å². The van der Waals surface area contributed by atoms with Crippen LogP contribution in [0.1, 0.15) is 19.4 Å². The summed E-state index contributed by atoms with van der Waals surface area (Å²) in [6.45, 7) is 5.35. The van der Waals surface area contributed by atoms with E-state index in [0.29, 0.717) is 5.43 Å². The monoisotopic (exact) mass is 359 g/mol. The maximum Gasteiger partial charge on any atom is 0.462 e. The Balaban J connectivity index is 2.80. The molecule has 136 valence electrons. The van der Waals surface area contributed by atoms with E-state index in [4.69, 9.17) is 0 Å². The van der Waals surface area contributed by atoms with Crippen molar-refractivity contribution in [3.8, 4) is 0 Å². The molecule has 0 bridgehead atoms. The van der Waals surface area contributed by atoms with Gasteiger partial charge in [-0.2, -0.15) is 35.8 Å². The van der Waals surface area contributed by atoms with Crippen LogP contribution in [-0.4, -0.2) is 37.4 Å². The molecule has 0 heterocycles. The van der Waals surface area contributed by atoms with Crippen molar-refractivity contribution in [1.29, 1.82) is 0 Å². The van der Waals surface area contributed by atoms with Crippen LogP contribution in [-0.2, 0) is 0 Å². The second-order valence-electron chi connectivity index (χ2n) is 4.78. The molecule has 1 N–H and O–H groups in total. The standard InChI is InChI=1S/C14H16F7N3/c1-3-24(4-2)11-7-5-10(6-8-11)9-22-23-14(20,21)12(15,16)13(17,18)19/h5-9,23H,3-4H2,1-2H3/b22-9+. The summed E-state index contributed by atoms with van der Waals surface area (Å²) in [6.07, 6.45) is -5.67. The molecule has 10 heteroatoms. The van der Waals surface area contributed by atoms with Gasteiger partial charge in [0, 0.05) is 18.8 Å². The largest absolute Gasteiger partial charge is 0.462 e. The van der Waals surface area contributed by atoms with Crippen molar-refractivity contribution in [3.05, 3.63) is 29.8 Å².